The molecule has 1 heterocycles. The van der Waals surface area contributed by atoms with E-state index in [0.717, 1.165) is 12.1 Å². The van der Waals surface area contributed by atoms with Crippen LogP contribution in [0, 0.1) is 0 Å². The Labute approximate surface area is 130 Å². The monoisotopic (exact) mass is 331 g/mol. The van der Waals surface area contributed by atoms with Crippen LogP contribution in [0.5, 0.6) is 0 Å². The topological polar surface area (TPSA) is 62.7 Å². The molecule has 0 saturated heterocycles. The van der Waals surface area contributed by atoms with Crippen molar-refractivity contribution in [2.75, 3.05) is 10.6 Å². The van der Waals surface area contributed by atoms with Crippen molar-refractivity contribution in [3.63, 3.8) is 0 Å². The van der Waals surface area contributed by atoms with Crippen LogP contribution in [0.25, 0.3) is 0 Å². The number of alkyl halides is 3. The predicted octanol–water partition coefficient (Wildman–Crippen LogP) is 4.11. The Morgan fingerprint density at radius 1 is 1.00 bits per heavy atom. The summed E-state index contributed by atoms with van der Waals surface area (Å²) in [7, 11) is 0. The van der Waals surface area contributed by atoms with Crippen molar-refractivity contribution < 1.29 is 13.2 Å². The van der Waals surface area contributed by atoms with Gasteiger partial charge in [-0.2, -0.15) is 28.1 Å². The van der Waals surface area contributed by atoms with Gasteiger partial charge in [-0.15, -0.1) is 0 Å². The van der Waals surface area contributed by atoms with Gasteiger partial charge < -0.3 is 10.6 Å². The van der Waals surface area contributed by atoms with Crippen LogP contribution in [0.2, 0.25) is 5.28 Å². The van der Waals surface area contributed by atoms with E-state index < -0.39 is 11.7 Å². The molecule has 0 aliphatic rings. The number of hydrogen-bond donors (Lipinski definition) is 2. The fourth-order valence-corrected chi connectivity index (χ4v) is 1.76. The number of anilines is 3. The Kier molecular flexibility index (Phi) is 4.70. The fourth-order valence-electron chi connectivity index (χ4n) is 1.60. The first-order valence-corrected chi connectivity index (χ1v) is 6.74. The first-order chi connectivity index (χ1) is 10.2. The van der Waals surface area contributed by atoms with Gasteiger partial charge in [0.15, 0.2) is 0 Å². The summed E-state index contributed by atoms with van der Waals surface area (Å²) in [4.78, 5) is 11.9. The van der Waals surface area contributed by atoms with Crippen molar-refractivity contribution in [1.29, 1.82) is 0 Å². The van der Waals surface area contributed by atoms with Crippen molar-refractivity contribution in [2.24, 2.45) is 0 Å². The number of rotatable bonds is 4. The van der Waals surface area contributed by atoms with Crippen LogP contribution in [-0.4, -0.2) is 21.0 Å². The third kappa shape index (κ3) is 4.45. The Morgan fingerprint density at radius 2 is 1.59 bits per heavy atom. The van der Waals surface area contributed by atoms with Crippen molar-refractivity contribution in [1.82, 2.24) is 15.0 Å². The highest BCUT2D eigenvalue weighted by Gasteiger charge is 2.29. The molecule has 0 aliphatic carbocycles. The zero-order valence-electron chi connectivity index (χ0n) is 11.7. The molecule has 1 aromatic heterocycles. The van der Waals surface area contributed by atoms with Gasteiger partial charge in [0.25, 0.3) is 0 Å². The number of aromatic nitrogens is 3. The lowest BCUT2D eigenvalue weighted by molar-refractivity contribution is -0.137. The van der Waals surface area contributed by atoms with Gasteiger partial charge >= 0.3 is 6.18 Å². The summed E-state index contributed by atoms with van der Waals surface area (Å²) in [5.41, 5.74) is -0.320. The maximum absolute atomic E-state index is 12.5. The minimum atomic E-state index is -4.37. The number of hydrogen-bond acceptors (Lipinski definition) is 5. The van der Waals surface area contributed by atoms with Gasteiger partial charge in [0, 0.05) is 11.7 Å². The molecule has 22 heavy (non-hydrogen) atoms. The van der Waals surface area contributed by atoms with Crippen LogP contribution in [0.4, 0.5) is 30.8 Å². The van der Waals surface area contributed by atoms with Crippen molar-refractivity contribution >= 4 is 29.2 Å². The molecule has 0 amide bonds. The Balaban J connectivity index is 2.18. The van der Waals surface area contributed by atoms with E-state index in [0.29, 0.717) is 5.69 Å². The molecule has 5 nitrogen and oxygen atoms in total. The highest BCUT2D eigenvalue weighted by atomic mass is 35.5. The summed E-state index contributed by atoms with van der Waals surface area (Å²) in [5, 5.41) is 5.73. The molecule has 2 rings (SSSR count). The third-order valence-electron chi connectivity index (χ3n) is 2.49. The molecule has 0 unspecified atom stereocenters. The molecule has 1 aromatic carbocycles. The molecule has 9 heteroatoms. The zero-order chi connectivity index (χ0) is 16.3. The smallest absolute Gasteiger partial charge is 0.352 e. The standard InChI is InChI=1S/C13H13ClF3N5/c1-7(2)18-11-20-10(14)21-12(22-11)19-9-5-3-8(4-6-9)13(15,16)17/h3-7H,1-2H3,(H2,18,19,20,21,22). The molecule has 0 atom stereocenters. The lowest BCUT2D eigenvalue weighted by Gasteiger charge is -2.11. The second-order valence-electron chi connectivity index (χ2n) is 4.75. The van der Waals surface area contributed by atoms with E-state index in [-0.39, 0.29) is 23.2 Å². The highest BCUT2D eigenvalue weighted by molar-refractivity contribution is 6.28. The molecule has 118 valence electrons. The predicted molar refractivity (Wildman–Crippen MR) is 78.3 cm³/mol. The molecular weight excluding hydrogens is 319 g/mol. The molecule has 0 bridgehead atoms. The maximum atomic E-state index is 12.5. The molecule has 0 saturated carbocycles. The van der Waals surface area contributed by atoms with Gasteiger partial charge in [-0.05, 0) is 49.7 Å². The van der Waals surface area contributed by atoms with Gasteiger partial charge in [0.05, 0.1) is 5.56 Å². The third-order valence-corrected chi connectivity index (χ3v) is 2.66. The molecular formula is C13H13ClF3N5. The average Bonchev–Trinajstić information content (AvgIpc) is 2.36. The van der Waals surface area contributed by atoms with E-state index in [2.05, 4.69) is 25.6 Å². The summed E-state index contributed by atoms with van der Waals surface area (Å²) < 4.78 is 37.5. The van der Waals surface area contributed by atoms with Gasteiger partial charge in [-0.25, -0.2) is 0 Å². The zero-order valence-corrected chi connectivity index (χ0v) is 12.5. The number of nitrogens with one attached hydrogen (secondary N) is 2. The summed E-state index contributed by atoms with van der Waals surface area (Å²) in [6.07, 6.45) is -4.37. The minimum absolute atomic E-state index is 0.0208. The van der Waals surface area contributed by atoms with Gasteiger partial charge in [0.2, 0.25) is 17.2 Å². The average molecular weight is 332 g/mol. The van der Waals surface area contributed by atoms with E-state index in [9.17, 15) is 13.2 Å². The lowest BCUT2D eigenvalue weighted by Crippen LogP contribution is -2.14. The molecule has 0 spiro atoms. The Bertz CT molecular complexity index is 643. The minimum Gasteiger partial charge on any atom is -0.352 e. The molecule has 2 aromatic rings. The Morgan fingerprint density at radius 3 is 2.14 bits per heavy atom. The first kappa shape index (κ1) is 16.3. The van der Waals surface area contributed by atoms with Crippen LogP contribution in [0.1, 0.15) is 19.4 Å². The Hall–Kier alpha value is -2.09. The van der Waals surface area contributed by atoms with E-state index in [1.807, 2.05) is 13.8 Å². The SMILES string of the molecule is CC(C)Nc1nc(Cl)nc(Nc2ccc(C(F)(F)F)cc2)n1. The van der Waals surface area contributed by atoms with Crippen molar-refractivity contribution in [3.05, 3.63) is 35.1 Å². The summed E-state index contributed by atoms with van der Waals surface area (Å²) >= 11 is 5.79. The summed E-state index contributed by atoms with van der Waals surface area (Å²) in [6.45, 7) is 3.81. The number of halogens is 4. The van der Waals surface area contributed by atoms with E-state index >= 15 is 0 Å². The van der Waals surface area contributed by atoms with Crippen LogP contribution in [0.3, 0.4) is 0 Å². The van der Waals surface area contributed by atoms with Gasteiger partial charge in [0.1, 0.15) is 0 Å². The van der Waals surface area contributed by atoms with Crippen LogP contribution >= 0.6 is 11.6 Å². The molecule has 0 radical (unpaired) electrons. The summed E-state index contributed by atoms with van der Waals surface area (Å²) in [5.74, 6) is 0.423. The highest BCUT2D eigenvalue weighted by Crippen LogP contribution is 2.30. The molecule has 0 aliphatic heterocycles. The van der Waals surface area contributed by atoms with Crippen LogP contribution in [-0.2, 0) is 6.18 Å². The van der Waals surface area contributed by atoms with Crippen LogP contribution in [0.15, 0.2) is 24.3 Å². The second kappa shape index (κ2) is 6.35. The second-order valence-corrected chi connectivity index (χ2v) is 5.09. The van der Waals surface area contributed by atoms with Gasteiger partial charge in [-0.1, -0.05) is 0 Å². The summed E-state index contributed by atoms with van der Waals surface area (Å²) in [6, 6.07) is 4.61. The normalized spacial score (nSPS) is 11.6. The molecule has 2 N–H and O–H groups in total. The quantitative estimate of drug-likeness (QED) is 0.883. The number of nitrogens with zero attached hydrogens (tertiary/aromatic N) is 3. The van der Waals surface area contributed by atoms with Crippen molar-refractivity contribution in [3.8, 4) is 0 Å². The fraction of sp³-hybridized carbons (Fsp3) is 0.308. The molecule has 0 fully saturated rings. The maximum Gasteiger partial charge on any atom is 0.416 e. The first-order valence-electron chi connectivity index (χ1n) is 6.36. The van der Waals surface area contributed by atoms with E-state index in [1.165, 1.54) is 12.1 Å². The van der Waals surface area contributed by atoms with E-state index in [1.54, 1.807) is 0 Å². The van der Waals surface area contributed by atoms with Crippen LogP contribution < -0.4 is 10.6 Å². The van der Waals surface area contributed by atoms with Gasteiger partial charge in [-0.3, -0.25) is 0 Å². The number of benzene rings is 1. The van der Waals surface area contributed by atoms with E-state index in [4.69, 9.17) is 11.6 Å². The largest absolute Gasteiger partial charge is 0.416 e. The van der Waals surface area contributed by atoms with Crippen molar-refractivity contribution in [2.45, 2.75) is 26.1 Å². The lowest BCUT2D eigenvalue weighted by atomic mass is 10.2.